The van der Waals surface area contributed by atoms with Crippen LogP contribution in [0.5, 0.6) is 0 Å². The molecule has 0 amide bonds. The first kappa shape index (κ1) is 20.8. The third-order valence-electron chi connectivity index (χ3n) is 6.79. The van der Waals surface area contributed by atoms with E-state index in [1.807, 2.05) is 30.3 Å². The standard InChI is InChI=1S/C21H30NO4.BrH/c1-3-4-10-22(2)17-11-15(12-18(22)20-19(17)26-20)25-21(24)16(13-23)14-8-6-5-7-9-14;/h5-9,15-20,23H,3-4,10-13H2,1-2H3;1H/q+1;/p-1/t15?,16-,17-,18-,19-,20-,22?;/m1./s1. The second-order valence-electron chi connectivity index (χ2n) is 8.30. The summed E-state index contributed by atoms with van der Waals surface area (Å²) in [4.78, 5) is 12.7. The maximum Gasteiger partial charge on any atom is 0.316 e. The number of halogens is 1. The third kappa shape index (κ3) is 3.69. The third-order valence-corrected chi connectivity index (χ3v) is 6.79. The van der Waals surface area contributed by atoms with Gasteiger partial charge in [-0.2, -0.15) is 0 Å². The molecular weight excluding hydrogens is 410 g/mol. The lowest BCUT2D eigenvalue weighted by Gasteiger charge is -2.48. The van der Waals surface area contributed by atoms with Gasteiger partial charge in [-0.3, -0.25) is 4.79 Å². The van der Waals surface area contributed by atoms with E-state index in [2.05, 4.69) is 14.0 Å². The van der Waals surface area contributed by atoms with Crippen molar-refractivity contribution in [3.63, 3.8) is 0 Å². The van der Waals surface area contributed by atoms with Crippen LogP contribution in [0, 0.1) is 0 Å². The number of carbonyl (C=O) groups is 1. The Labute approximate surface area is 172 Å². The van der Waals surface area contributed by atoms with Gasteiger partial charge in [0.25, 0.3) is 0 Å². The number of fused-ring (bicyclic) bond motifs is 5. The van der Waals surface area contributed by atoms with Crippen molar-refractivity contribution in [1.29, 1.82) is 0 Å². The fourth-order valence-electron chi connectivity index (χ4n) is 5.23. The van der Waals surface area contributed by atoms with Gasteiger partial charge < -0.3 is 36.0 Å². The number of carbonyl (C=O) groups excluding carboxylic acids is 1. The van der Waals surface area contributed by atoms with Gasteiger partial charge in [0.05, 0.1) is 20.2 Å². The molecule has 0 unspecified atom stereocenters. The molecule has 0 saturated carbocycles. The number of morpholine rings is 1. The molecule has 3 fully saturated rings. The Kier molecular flexibility index (Phi) is 6.31. The molecule has 6 heteroatoms. The quantitative estimate of drug-likeness (QED) is 0.344. The van der Waals surface area contributed by atoms with Crippen molar-refractivity contribution in [3.05, 3.63) is 35.9 Å². The highest BCUT2D eigenvalue weighted by Gasteiger charge is 2.71. The Hall–Kier alpha value is -0.950. The van der Waals surface area contributed by atoms with E-state index in [0.29, 0.717) is 24.3 Å². The fraction of sp³-hybridized carbons (Fsp3) is 0.667. The molecule has 5 nitrogen and oxygen atoms in total. The van der Waals surface area contributed by atoms with Crippen molar-refractivity contribution < 1.29 is 40.8 Å². The molecule has 1 aromatic carbocycles. The molecule has 3 saturated heterocycles. The average Bonchev–Trinajstić information content (AvgIpc) is 3.40. The average molecular weight is 440 g/mol. The molecule has 150 valence electrons. The second kappa shape index (κ2) is 8.19. The van der Waals surface area contributed by atoms with Gasteiger partial charge in [-0.25, -0.2) is 0 Å². The summed E-state index contributed by atoms with van der Waals surface area (Å²) in [5.41, 5.74) is 0.813. The highest BCUT2D eigenvalue weighted by molar-refractivity contribution is 5.78. The summed E-state index contributed by atoms with van der Waals surface area (Å²) in [6.07, 6.45) is 4.83. The normalized spacial score (nSPS) is 37.1. The first-order valence-corrected chi connectivity index (χ1v) is 9.95. The van der Waals surface area contributed by atoms with Crippen molar-refractivity contribution in [1.82, 2.24) is 0 Å². The van der Waals surface area contributed by atoms with Crippen LogP contribution in [0.1, 0.15) is 44.1 Å². The number of piperidine rings is 1. The van der Waals surface area contributed by atoms with Crippen LogP contribution in [0.2, 0.25) is 0 Å². The fourth-order valence-corrected chi connectivity index (χ4v) is 5.23. The van der Waals surface area contributed by atoms with Crippen LogP contribution < -0.4 is 17.0 Å². The van der Waals surface area contributed by atoms with E-state index in [4.69, 9.17) is 9.47 Å². The zero-order valence-corrected chi connectivity index (χ0v) is 17.7. The van der Waals surface area contributed by atoms with Gasteiger partial charge in [0.15, 0.2) is 0 Å². The van der Waals surface area contributed by atoms with Crippen LogP contribution in [0.3, 0.4) is 0 Å². The number of esters is 1. The number of quaternary nitrogens is 1. The van der Waals surface area contributed by atoms with E-state index >= 15 is 0 Å². The number of rotatable bonds is 7. The van der Waals surface area contributed by atoms with Crippen molar-refractivity contribution in [2.75, 3.05) is 20.2 Å². The number of aliphatic hydroxyl groups is 1. The number of ether oxygens (including phenoxy) is 2. The number of benzene rings is 1. The summed E-state index contributed by atoms with van der Waals surface area (Å²) >= 11 is 0. The predicted molar refractivity (Wildman–Crippen MR) is 97.6 cm³/mol. The van der Waals surface area contributed by atoms with E-state index in [-0.39, 0.29) is 35.7 Å². The Morgan fingerprint density at radius 3 is 2.44 bits per heavy atom. The molecule has 3 heterocycles. The first-order valence-electron chi connectivity index (χ1n) is 9.95. The van der Waals surface area contributed by atoms with Crippen LogP contribution >= 0.6 is 0 Å². The molecule has 0 aromatic heterocycles. The lowest BCUT2D eigenvalue weighted by Crippen LogP contribution is -3.00. The molecule has 4 rings (SSSR count). The zero-order valence-electron chi connectivity index (χ0n) is 16.1. The van der Waals surface area contributed by atoms with Crippen LogP contribution in [-0.4, -0.2) is 66.2 Å². The van der Waals surface area contributed by atoms with Gasteiger partial charge >= 0.3 is 5.97 Å². The topological polar surface area (TPSA) is 59.1 Å². The predicted octanol–water partition coefficient (Wildman–Crippen LogP) is -0.763. The molecule has 0 spiro atoms. The van der Waals surface area contributed by atoms with E-state index < -0.39 is 5.92 Å². The highest BCUT2D eigenvalue weighted by Crippen LogP contribution is 2.52. The highest BCUT2D eigenvalue weighted by atomic mass is 79.9. The molecule has 2 bridgehead atoms. The summed E-state index contributed by atoms with van der Waals surface area (Å²) in [5.74, 6) is -0.898. The van der Waals surface area contributed by atoms with Crippen LogP contribution in [0.4, 0.5) is 0 Å². The zero-order chi connectivity index (χ0) is 18.3. The van der Waals surface area contributed by atoms with Gasteiger partial charge in [0.2, 0.25) is 0 Å². The van der Waals surface area contributed by atoms with E-state index in [1.54, 1.807) is 0 Å². The first-order chi connectivity index (χ1) is 12.6. The number of nitrogens with zero attached hydrogens (tertiary/aromatic N) is 1. The van der Waals surface area contributed by atoms with Crippen molar-refractivity contribution in [2.24, 2.45) is 0 Å². The SMILES string of the molecule is CCCC[N+]1(C)[C@@H]2CC(OC(=O)[C@H](CO)c3ccccc3)C[C@@H]1[C@H]1O[C@@H]12.[Br-]. The molecule has 3 aliphatic rings. The van der Waals surface area contributed by atoms with Gasteiger partial charge in [0, 0.05) is 12.8 Å². The summed E-state index contributed by atoms with van der Waals surface area (Å²) in [6.45, 7) is 3.20. The number of unbranched alkanes of at least 4 members (excludes halogenated alkanes) is 1. The lowest BCUT2D eigenvalue weighted by atomic mass is 9.94. The van der Waals surface area contributed by atoms with Crippen molar-refractivity contribution in [3.8, 4) is 0 Å². The maximum absolute atomic E-state index is 12.7. The lowest BCUT2D eigenvalue weighted by molar-refractivity contribution is -0.956. The number of aliphatic hydroxyl groups excluding tert-OH is 1. The molecular formula is C21H30BrNO4. The Morgan fingerprint density at radius 2 is 1.89 bits per heavy atom. The van der Waals surface area contributed by atoms with Crippen LogP contribution in [0.15, 0.2) is 30.3 Å². The molecule has 1 N–H and O–H groups in total. The maximum atomic E-state index is 12.7. The minimum absolute atomic E-state index is 0. The number of hydrogen-bond acceptors (Lipinski definition) is 4. The molecule has 3 aliphatic heterocycles. The summed E-state index contributed by atoms with van der Waals surface area (Å²) in [5, 5.41) is 9.70. The van der Waals surface area contributed by atoms with Crippen LogP contribution in [0.25, 0.3) is 0 Å². The van der Waals surface area contributed by atoms with Gasteiger partial charge in [-0.15, -0.1) is 0 Å². The van der Waals surface area contributed by atoms with E-state index in [0.717, 1.165) is 22.9 Å². The number of likely N-dealkylation sites (N-methyl/N-ethyl adjacent to an activating group) is 1. The van der Waals surface area contributed by atoms with Crippen LogP contribution in [-0.2, 0) is 14.3 Å². The van der Waals surface area contributed by atoms with Gasteiger partial charge in [-0.1, -0.05) is 43.7 Å². The van der Waals surface area contributed by atoms with Crippen molar-refractivity contribution >= 4 is 5.97 Å². The van der Waals surface area contributed by atoms with Gasteiger partial charge in [-0.05, 0) is 12.0 Å². The minimum Gasteiger partial charge on any atom is -1.00 e. The molecule has 27 heavy (non-hydrogen) atoms. The summed E-state index contributed by atoms with van der Waals surface area (Å²) < 4.78 is 12.9. The van der Waals surface area contributed by atoms with E-state index in [1.165, 1.54) is 19.4 Å². The molecule has 5 atom stereocenters. The van der Waals surface area contributed by atoms with Gasteiger partial charge in [0.1, 0.15) is 36.3 Å². The summed E-state index contributed by atoms with van der Waals surface area (Å²) in [6, 6.07) is 10.3. The molecule has 0 radical (unpaired) electrons. The summed E-state index contributed by atoms with van der Waals surface area (Å²) in [7, 11) is 2.36. The Morgan fingerprint density at radius 1 is 1.26 bits per heavy atom. The largest absolute Gasteiger partial charge is 1.00 e. The second-order valence-corrected chi connectivity index (χ2v) is 8.30. The number of epoxide rings is 1. The monoisotopic (exact) mass is 439 g/mol. The van der Waals surface area contributed by atoms with Crippen molar-refractivity contribution in [2.45, 2.75) is 68.9 Å². The number of hydrogen-bond donors (Lipinski definition) is 1. The Balaban J connectivity index is 0.00000210. The minimum atomic E-state index is -0.595. The molecule has 0 aliphatic carbocycles. The molecule has 1 aromatic rings. The smallest absolute Gasteiger partial charge is 0.316 e. The Bertz CT molecular complexity index is 637. The van der Waals surface area contributed by atoms with E-state index in [9.17, 15) is 9.90 Å².